The summed E-state index contributed by atoms with van der Waals surface area (Å²) in [5.41, 5.74) is 2.43. The van der Waals surface area contributed by atoms with Gasteiger partial charge in [-0.2, -0.15) is 13.2 Å². The van der Waals surface area contributed by atoms with Crippen LogP contribution < -0.4 is 14.8 Å². The van der Waals surface area contributed by atoms with Gasteiger partial charge in [0.15, 0.2) is 0 Å². The van der Waals surface area contributed by atoms with Gasteiger partial charge < -0.3 is 14.8 Å². The first-order valence-electron chi connectivity index (χ1n) is 9.53. The van der Waals surface area contributed by atoms with Crippen molar-refractivity contribution in [1.29, 1.82) is 0 Å². The van der Waals surface area contributed by atoms with Gasteiger partial charge in [0.05, 0.1) is 19.8 Å². The zero-order valence-electron chi connectivity index (χ0n) is 17.1. The normalized spacial score (nSPS) is 12.5. The summed E-state index contributed by atoms with van der Waals surface area (Å²) < 4.78 is 50.0. The summed E-state index contributed by atoms with van der Waals surface area (Å²) in [7, 11) is 3.14. The molecular formula is C24H24F3NO2. The molecule has 3 aromatic rings. The largest absolute Gasteiger partial charge is 0.497 e. The molecule has 3 rings (SSSR count). The maximum absolute atomic E-state index is 13.1. The van der Waals surface area contributed by atoms with Crippen molar-refractivity contribution >= 4 is 0 Å². The van der Waals surface area contributed by atoms with Gasteiger partial charge >= 0.3 is 6.18 Å². The number of alkyl halides is 3. The van der Waals surface area contributed by atoms with Gasteiger partial charge in [-0.3, -0.25) is 0 Å². The molecule has 0 aromatic heterocycles. The SMILES string of the molecule is COc1cccc(C(C)NCc2ccc(OC)c(-c3cccc(C(F)(F)F)c3)c2)c1. The maximum atomic E-state index is 13.1. The number of benzene rings is 3. The number of hydrogen-bond donors (Lipinski definition) is 1. The van der Waals surface area contributed by atoms with Crippen molar-refractivity contribution in [2.45, 2.75) is 25.7 Å². The molecule has 1 atom stereocenters. The number of rotatable bonds is 7. The molecule has 0 aliphatic rings. The van der Waals surface area contributed by atoms with E-state index in [0.717, 1.165) is 29.0 Å². The van der Waals surface area contributed by atoms with Crippen LogP contribution in [0.1, 0.15) is 29.7 Å². The highest BCUT2D eigenvalue weighted by molar-refractivity contribution is 5.72. The van der Waals surface area contributed by atoms with Crippen LogP contribution in [-0.4, -0.2) is 14.2 Å². The quantitative estimate of drug-likeness (QED) is 0.495. The second-order valence-corrected chi connectivity index (χ2v) is 6.99. The Morgan fingerprint density at radius 3 is 2.37 bits per heavy atom. The number of nitrogens with one attached hydrogen (secondary N) is 1. The van der Waals surface area contributed by atoms with Crippen molar-refractivity contribution < 1.29 is 22.6 Å². The Morgan fingerprint density at radius 1 is 0.900 bits per heavy atom. The van der Waals surface area contributed by atoms with E-state index in [2.05, 4.69) is 5.32 Å². The molecular weight excluding hydrogens is 391 g/mol. The van der Waals surface area contributed by atoms with Gasteiger partial charge in [0.2, 0.25) is 0 Å². The molecule has 158 valence electrons. The summed E-state index contributed by atoms with van der Waals surface area (Å²) in [6, 6.07) is 18.7. The highest BCUT2D eigenvalue weighted by Crippen LogP contribution is 2.36. The van der Waals surface area contributed by atoms with Gasteiger partial charge in [-0.05, 0) is 60.0 Å². The van der Waals surface area contributed by atoms with Crippen LogP contribution in [0.3, 0.4) is 0 Å². The van der Waals surface area contributed by atoms with Crippen LogP contribution in [0.15, 0.2) is 66.7 Å². The summed E-state index contributed by atoms with van der Waals surface area (Å²) in [5, 5.41) is 3.44. The maximum Gasteiger partial charge on any atom is 0.416 e. The van der Waals surface area contributed by atoms with Crippen LogP contribution in [-0.2, 0) is 12.7 Å². The molecule has 0 fully saturated rings. The van der Waals surface area contributed by atoms with Gasteiger partial charge in [-0.15, -0.1) is 0 Å². The lowest BCUT2D eigenvalue weighted by molar-refractivity contribution is -0.137. The first kappa shape index (κ1) is 21.7. The molecule has 0 spiro atoms. The molecule has 30 heavy (non-hydrogen) atoms. The number of halogens is 3. The van der Waals surface area contributed by atoms with Gasteiger partial charge in [-0.1, -0.05) is 30.3 Å². The lowest BCUT2D eigenvalue weighted by Crippen LogP contribution is -2.18. The fourth-order valence-electron chi connectivity index (χ4n) is 3.25. The minimum atomic E-state index is -4.39. The van der Waals surface area contributed by atoms with E-state index in [9.17, 15) is 13.2 Å². The first-order chi connectivity index (χ1) is 14.3. The summed E-state index contributed by atoms with van der Waals surface area (Å²) >= 11 is 0. The lowest BCUT2D eigenvalue weighted by Gasteiger charge is -2.17. The molecule has 0 radical (unpaired) electrons. The summed E-state index contributed by atoms with van der Waals surface area (Å²) in [4.78, 5) is 0. The number of methoxy groups -OCH3 is 2. The third-order valence-electron chi connectivity index (χ3n) is 4.97. The van der Waals surface area contributed by atoms with E-state index in [-0.39, 0.29) is 6.04 Å². The molecule has 3 aromatic carbocycles. The predicted octanol–water partition coefficient (Wildman–Crippen LogP) is 6.24. The highest BCUT2D eigenvalue weighted by atomic mass is 19.4. The Labute approximate surface area is 174 Å². The van der Waals surface area contributed by atoms with Crippen molar-refractivity contribution in [3.8, 4) is 22.6 Å². The Kier molecular flexibility index (Phi) is 6.67. The van der Waals surface area contributed by atoms with E-state index in [1.54, 1.807) is 19.2 Å². The Morgan fingerprint density at radius 2 is 1.67 bits per heavy atom. The molecule has 0 saturated heterocycles. The van der Waals surface area contributed by atoms with E-state index in [0.29, 0.717) is 23.4 Å². The molecule has 1 unspecified atom stereocenters. The van der Waals surface area contributed by atoms with Gasteiger partial charge in [-0.25, -0.2) is 0 Å². The Balaban J connectivity index is 1.82. The number of hydrogen-bond acceptors (Lipinski definition) is 3. The third-order valence-corrected chi connectivity index (χ3v) is 4.97. The number of ether oxygens (including phenoxy) is 2. The fourth-order valence-corrected chi connectivity index (χ4v) is 3.25. The topological polar surface area (TPSA) is 30.5 Å². The van der Waals surface area contributed by atoms with Gasteiger partial charge in [0, 0.05) is 18.2 Å². The molecule has 0 bridgehead atoms. The van der Waals surface area contributed by atoms with Crippen molar-refractivity contribution in [3.05, 3.63) is 83.4 Å². The molecule has 1 N–H and O–H groups in total. The van der Waals surface area contributed by atoms with Crippen molar-refractivity contribution in [1.82, 2.24) is 5.32 Å². The fraction of sp³-hybridized carbons (Fsp3) is 0.250. The van der Waals surface area contributed by atoms with Gasteiger partial charge in [0.1, 0.15) is 11.5 Å². The van der Waals surface area contributed by atoms with E-state index >= 15 is 0 Å². The smallest absolute Gasteiger partial charge is 0.416 e. The average molecular weight is 415 g/mol. The van der Waals surface area contributed by atoms with Crippen LogP contribution in [0.2, 0.25) is 0 Å². The highest BCUT2D eigenvalue weighted by Gasteiger charge is 2.30. The molecule has 0 amide bonds. The average Bonchev–Trinajstić information content (AvgIpc) is 2.76. The Hall–Kier alpha value is -2.99. The molecule has 0 aliphatic heterocycles. The van der Waals surface area contributed by atoms with Crippen molar-refractivity contribution in [2.75, 3.05) is 14.2 Å². The van der Waals surface area contributed by atoms with Crippen LogP contribution >= 0.6 is 0 Å². The molecule has 0 saturated carbocycles. The van der Waals surface area contributed by atoms with Crippen LogP contribution in [0.4, 0.5) is 13.2 Å². The van der Waals surface area contributed by atoms with E-state index in [4.69, 9.17) is 9.47 Å². The summed E-state index contributed by atoms with van der Waals surface area (Å²) in [6.07, 6.45) is -4.39. The van der Waals surface area contributed by atoms with E-state index in [1.165, 1.54) is 13.2 Å². The van der Waals surface area contributed by atoms with Crippen LogP contribution in [0, 0.1) is 0 Å². The lowest BCUT2D eigenvalue weighted by atomic mass is 9.99. The molecule has 0 aliphatic carbocycles. The Bertz CT molecular complexity index is 1000. The standard InChI is InChI=1S/C24H24F3NO2/c1-16(18-6-5-9-21(14-18)29-2)28-15-17-10-11-23(30-3)22(12-17)19-7-4-8-20(13-19)24(25,26)27/h4-14,16,28H,15H2,1-3H3. The zero-order valence-corrected chi connectivity index (χ0v) is 17.1. The van der Waals surface area contributed by atoms with Gasteiger partial charge in [0.25, 0.3) is 0 Å². The molecule has 6 heteroatoms. The summed E-state index contributed by atoms with van der Waals surface area (Å²) in [6.45, 7) is 2.60. The second kappa shape index (κ2) is 9.22. The van der Waals surface area contributed by atoms with E-state index < -0.39 is 11.7 Å². The monoisotopic (exact) mass is 415 g/mol. The van der Waals surface area contributed by atoms with Crippen LogP contribution in [0.5, 0.6) is 11.5 Å². The zero-order chi connectivity index (χ0) is 21.7. The summed E-state index contributed by atoms with van der Waals surface area (Å²) in [5.74, 6) is 1.32. The predicted molar refractivity (Wildman–Crippen MR) is 112 cm³/mol. The van der Waals surface area contributed by atoms with Crippen LogP contribution in [0.25, 0.3) is 11.1 Å². The second-order valence-electron chi connectivity index (χ2n) is 6.99. The van der Waals surface area contributed by atoms with Crippen molar-refractivity contribution in [2.24, 2.45) is 0 Å². The minimum absolute atomic E-state index is 0.0687. The van der Waals surface area contributed by atoms with Crippen molar-refractivity contribution in [3.63, 3.8) is 0 Å². The first-order valence-corrected chi connectivity index (χ1v) is 9.53. The van der Waals surface area contributed by atoms with E-state index in [1.807, 2.05) is 43.3 Å². The third kappa shape index (κ3) is 5.13. The molecule has 0 heterocycles. The molecule has 3 nitrogen and oxygen atoms in total. The minimum Gasteiger partial charge on any atom is -0.497 e.